The molecule has 84 valence electrons. The van der Waals surface area contributed by atoms with Gasteiger partial charge in [-0.1, -0.05) is 25.0 Å². The molecule has 0 radical (unpaired) electrons. The van der Waals surface area contributed by atoms with Crippen LogP contribution in [0.2, 0.25) is 0 Å². The Labute approximate surface area is 94.1 Å². The maximum absolute atomic E-state index is 14.4. The van der Waals surface area contributed by atoms with Crippen molar-refractivity contribution in [2.75, 3.05) is 0 Å². The normalized spacial score (nSPS) is 19.3. The summed E-state index contributed by atoms with van der Waals surface area (Å²) in [6.45, 7) is 0.452. The summed E-state index contributed by atoms with van der Waals surface area (Å²) in [6.07, 6.45) is 5.18. The first kappa shape index (κ1) is 9.82. The van der Waals surface area contributed by atoms with Gasteiger partial charge in [-0.05, 0) is 25.0 Å². The molecule has 1 aliphatic carbocycles. The van der Waals surface area contributed by atoms with Crippen LogP contribution in [0.25, 0.3) is 11.0 Å². The second kappa shape index (κ2) is 3.58. The number of fused-ring (bicyclic) bond motifs is 1. The van der Waals surface area contributed by atoms with Crippen LogP contribution in [0.15, 0.2) is 30.6 Å². The highest BCUT2D eigenvalue weighted by molar-refractivity contribution is 5.74. The van der Waals surface area contributed by atoms with Crippen molar-refractivity contribution in [2.24, 2.45) is 0 Å². The first-order chi connectivity index (χ1) is 7.77. The molecule has 16 heavy (non-hydrogen) atoms. The summed E-state index contributed by atoms with van der Waals surface area (Å²) in [5, 5.41) is 0. The molecule has 1 aliphatic rings. The number of halogens is 1. The zero-order valence-electron chi connectivity index (χ0n) is 9.19. The summed E-state index contributed by atoms with van der Waals surface area (Å²) in [6, 6.07) is 7.90. The maximum atomic E-state index is 14.4. The van der Waals surface area contributed by atoms with E-state index in [0.29, 0.717) is 19.4 Å². The minimum absolute atomic E-state index is 0.452. The molecule has 1 aromatic heterocycles. The van der Waals surface area contributed by atoms with Gasteiger partial charge in [0.05, 0.1) is 23.9 Å². The largest absolute Gasteiger partial charge is 0.327 e. The number of benzene rings is 1. The van der Waals surface area contributed by atoms with Crippen molar-refractivity contribution < 1.29 is 4.39 Å². The lowest BCUT2D eigenvalue weighted by Gasteiger charge is -2.19. The second-order valence-corrected chi connectivity index (χ2v) is 4.72. The van der Waals surface area contributed by atoms with Gasteiger partial charge in [-0.3, -0.25) is 0 Å². The van der Waals surface area contributed by atoms with E-state index >= 15 is 0 Å². The summed E-state index contributed by atoms with van der Waals surface area (Å²) in [7, 11) is 0. The molecule has 0 amide bonds. The minimum Gasteiger partial charge on any atom is -0.327 e. The number of hydrogen-bond donors (Lipinski definition) is 0. The van der Waals surface area contributed by atoms with Crippen molar-refractivity contribution in [1.29, 1.82) is 0 Å². The molecule has 0 atom stereocenters. The van der Waals surface area contributed by atoms with E-state index in [1.807, 2.05) is 28.8 Å². The van der Waals surface area contributed by atoms with Crippen LogP contribution in [0.5, 0.6) is 0 Å². The fraction of sp³-hybridized carbons (Fsp3) is 0.462. The summed E-state index contributed by atoms with van der Waals surface area (Å²) in [4.78, 5) is 4.29. The first-order valence-corrected chi connectivity index (χ1v) is 5.86. The number of aromatic nitrogens is 2. The highest BCUT2D eigenvalue weighted by Gasteiger charge is 2.34. The second-order valence-electron chi connectivity index (χ2n) is 4.72. The van der Waals surface area contributed by atoms with Crippen LogP contribution in [0, 0.1) is 0 Å². The number of rotatable bonds is 2. The fourth-order valence-electron chi connectivity index (χ4n) is 2.61. The van der Waals surface area contributed by atoms with E-state index in [0.717, 1.165) is 23.9 Å². The third-order valence-electron chi connectivity index (χ3n) is 3.48. The number of nitrogens with zero attached hydrogens (tertiary/aromatic N) is 2. The van der Waals surface area contributed by atoms with Crippen LogP contribution < -0.4 is 0 Å². The minimum atomic E-state index is -1.01. The summed E-state index contributed by atoms with van der Waals surface area (Å²) in [5.41, 5.74) is 0.972. The molecule has 1 aromatic carbocycles. The Morgan fingerprint density at radius 3 is 2.81 bits per heavy atom. The molecule has 0 saturated heterocycles. The summed E-state index contributed by atoms with van der Waals surface area (Å²) >= 11 is 0. The molecule has 3 heteroatoms. The first-order valence-electron chi connectivity index (χ1n) is 5.86. The van der Waals surface area contributed by atoms with E-state index in [1.165, 1.54) is 0 Å². The SMILES string of the molecule is FC1(Cn2cnc3ccccc32)CCCC1. The van der Waals surface area contributed by atoms with Crippen LogP contribution in [0.1, 0.15) is 25.7 Å². The molecule has 0 spiro atoms. The Balaban J connectivity index is 1.94. The van der Waals surface area contributed by atoms with Gasteiger partial charge in [0.15, 0.2) is 0 Å². The van der Waals surface area contributed by atoms with E-state index in [2.05, 4.69) is 4.98 Å². The number of para-hydroxylation sites is 2. The van der Waals surface area contributed by atoms with Gasteiger partial charge in [-0.2, -0.15) is 0 Å². The molecule has 1 fully saturated rings. The van der Waals surface area contributed by atoms with Crippen molar-refractivity contribution in [3.8, 4) is 0 Å². The van der Waals surface area contributed by atoms with E-state index in [9.17, 15) is 4.39 Å². The van der Waals surface area contributed by atoms with Crippen LogP contribution in [0.4, 0.5) is 4.39 Å². The Morgan fingerprint density at radius 1 is 1.25 bits per heavy atom. The predicted molar refractivity (Wildman–Crippen MR) is 62.0 cm³/mol. The summed E-state index contributed by atoms with van der Waals surface area (Å²) in [5.74, 6) is 0. The molecule has 0 bridgehead atoms. The van der Waals surface area contributed by atoms with Crippen molar-refractivity contribution in [1.82, 2.24) is 9.55 Å². The maximum Gasteiger partial charge on any atom is 0.128 e. The number of alkyl halides is 1. The molecule has 0 N–H and O–H groups in total. The Hall–Kier alpha value is -1.38. The highest BCUT2D eigenvalue weighted by atomic mass is 19.1. The van der Waals surface area contributed by atoms with Crippen LogP contribution in [0.3, 0.4) is 0 Å². The molecular formula is C13H15FN2. The van der Waals surface area contributed by atoms with Gasteiger partial charge in [-0.15, -0.1) is 0 Å². The van der Waals surface area contributed by atoms with E-state index in [-0.39, 0.29) is 0 Å². The zero-order valence-corrected chi connectivity index (χ0v) is 9.19. The standard InChI is InChI=1S/C13H15FN2/c14-13(7-3-4-8-13)9-16-10-15-11-5-1-2-6-12(11)16/h1-2,5-6,10H,3-4,7-9H2. The van der Waals surface area contributed by atoms with Gasteiger partial charge in [-0.25, -0.2) is 9.37 Å². The van der Waals surface area contributed by atoms with Gasteiger partial charge in [0.25, 0.3) is 0 Å². The quantitative estimate of drug-likeness (QED) is 0.756. The fourth-order valence-corrected chi connectivity index (χ4v) is 2.61. The molecule has 0 aliphatic heterocycles. The summed E-state index contributed by atoms with van der Waals surface area (Å²) < 4.78 is 16.3. The number of imidazole rings is 1. The topological polar surface area (TPSA) is 17.8 Å². The third kappa shape index (κ3) is 1.60. The Morgan fingerprint density at radius 2 is 2.00 bits per heavy atom. The Bertz CT molecular complexity index is 497. The molecule has 2 nitrogen and oxygen atoms in total. The van der Waals surface area contributed by atoms with E-state index in [4.69, 9.17) is 0 Å². The molecule has 1 saturated carbocycles. The number of hydrogen-bond acceptors (Lipinski definition) is 1. The van der Waals surface area contributed by atoms with Crippen LogP contribution >= 0.6 is 0 Å². The average molecular weight is 218 g/mol. The van der Waals surface area contributed by atoms with Gasteiger partial charge in [0.1, 0.15) is 5.67 Å². The third-order valence-corrected chi connectivity index (χ3v) is 3.48. The van der Waals surface area contributed by atoms with Gasteiger partial charge in [0, 0.05) is 0 Å². The average Bonchev–Trinajstić information content (AvgIpc) is 2.87. The lowest BCUT2D eigenvalue weighted by molar-refractivity contribution is 0.147. The molecular weight excluding hydrogens is 203 g/mol. The van der Waals surface area contributed by atoms with E-state index in [1.54, 1.807) is 6.33 Å². The zero-order chi connectivity index (χ0) is 11.0. The monoisotopic (exact) mass is 218 g/mol. The lowest BCUT2D eigenvalue weighted by Crippen LogP contribution is -2.24. The van der Waals surface area contributed by atoms with Crippen LogP contribution in [-0.2, 0) is 6.54 Å². The van der Waals surface area contributed by atoms with E-state index < -0.39 is 5.67 Å². The smallest absolute Gasteiger partial charge is 0.128 e. The van der Waals surface area contributed by atoms with Crippen molar-refractivity contribution in [3.05, 3.63) is 30.6 Å². The van der Waals surface area contributed by atoms with Gasteiger partial charge >= 0.3 is 0 Å². The van der Waals surface area contributed by atoms with Gasteiger partial charge in [0.2, 0.25) is 0 Å². The Kier molecular flexibility index (Phi) is 2.20. The molecule has 3 rings (SSSR count). The molecule has 1 heterocycles. The van der Waals surface area contributed by atoms with Crippen molar-refractivity contribution in [2.45, 2.75) is 37.9 Å². The molecule has 0 unspecified atom stereocenters. The van der Waals surface area contributed by atoms with Crippen LogP contribution in [-0.4, -0.2) is 15.2 Å². The van der Waals surface area contributed by atoms with Crippen molar-refractivity contribution in [3.63, 3.8) is 0 Å². The lowest BCUT2D eigenvalue weighted by atomic mass is 10.1. The molecule has 2 aromatic rings. The highest BCUT2D eigenvalue weighted by Crippen LogP contribution is 2.35. The van der Waals surface area contributed by atoms with Crippen molar-refractivity contribution >= 4 is 11.0 Å². The predicted octanol–water partition coefficient (Wildman–Crippen LogP) is 3.32. The van der Waals surface area contributed by atoms with Gasteiger partial charge < -0.3 is 4.57 Å².